The SMILES string of the molecule is O=C(O)/C=C/C(=O)Nc1cccc2c1C(=O)c1ccccc1-2. The fourth-order valence-electron chi connectivity index (χ4n) is 2.50. The van der Waals surface area contributed by atoms with Gasteiger partial charge in [-0.1, -0.05) is 36.4 Å². The predicted octanol–water partition coefficient (Wildman–Crippen LogP) is 2.48. The Balaban J connectivity index is 1.99. The van der Waals surface area contributed by atoms with E-state index in [-0.39, 0.29) is 5.78 Å². The molecule has 22 heavy (non-hydrogen) atoms. The van der Waals surface area contributed by atoms with Crippen LogP contribution in [0.2, 0.25) is 0 Å². The highest BCUT2D eigenvalue weighted by Crippen LogP contribution is 2.39. The second-order valence-corrected chi connectivity index (χ2v) is 4.76. The number of hydrogen-bond acceptors (Lipinski definition) is 3. The van der Waals surface area contributed by atoms with Gasteiger partial charge in [0.15, 0.2) is 5.78 Å². The third-order valence-electron chi connectivity index (χ3n) is 3.39. The van der Waals surface area contributed by atoms with Gasteiger partial charge in [0.25, 0.3) is 0 Å². The lowest BCUT2D eigenvalue weighted by atomic mass is 10.0. The molecule has 5 heteroatoms. The number of anilines is 1. The molecule has 1 aliphatic carbocycles. The molecular formula is C17H11NO4. The Bertz CT molecular complexity index is 836. The molecule has 0 saturated heterocycles. The number of carbonyl (C=O) groups excluding carboxylic acids is 2. The van der Waals surface area contributed by atoms with Crippen LogP contribution in [0.4, 0.5) is 5.69 Å². The molecule has 2 aromatic carbocycles. The average Bonchev–Trinajstić information content (AvgIpc) is 2.80. The molecule has 2 N–H and O–H groups in total. The van der Waals surface area contributed by atoms with Crippen LogP contribution in [-0.4, -0.2) is 22.8 Å². The average molecular weight is 293 g/mol. The molecule has 0 heterocycles. The van der Waals surface area contributed by atoms with Crippen LogP contribution in [0.15, 0.2) is 54.6 Å². The van der Waals surface area contributed by atoms with Crippen molar-refractivity contribution >= 4 is 23.3 Å². The standard InChI is InChI=1S/C17H11NO4/c19-14(8-9-15(20)21)18-13-7-3-6-11-10-4-1-2-5-12(10)17(22)16(11)13/h1-9H,(H,18,19)(H,20,21)/b9-8+. The largest absolute Gasteiger partial charge is 0.478 e. The van der Waals surface area contributed by atoms with Gasteiger partial charge in [0.2, 0.25) is 5.91 Å². The van der Waals surface area contributed by atoms with Crippen molar-refractivity contribution in [2.24, 2.45) is 0 Å². The molecule has 0 aromatic heterocycles. The Morgan fingerprint density at radius 2 is 1.59 bits per heavy atom. The molecule has 0 fully saturated rings. The number of aliphatic carboxylic acids is 1. The number of nitrogens with one attached hydrogen (secondary N) is 1. The molecule has 0 unspecified atom stereocenters. The second kappa shape index (κ2) is 5.29. The predicted molar refractivity (Wildman–Crippen MR) is 80.7 cm³/mol. The van der Waals surface area contributed by atoms with Gasteiger partial charge in [-0.05, 0) is 17.2 Å². The van der Waals surface area contributed by atoms with Gasteiger partial charge >= 0.3 is 5.97 Å². The lowest BCUT2D eigenvalue weighted by Gasteiger charge is -2.07. The van der Waals surface area contributed by atoms with E-state index in [9.17, 15) is 14.4 Å². The van der Waals surface area contributed by atoms with Crippen molar-refractivity contribution in [3.63, 3.8) is 0 Å². The van der Waals surface area contributed by atoms with Gasteiger partial charge in [0, 0.05) is 17.7 Å². The lowest BCUT2D eigenvalue weighted by Crippen LogP contribution is -2.12. The van der Waals surface area contributed by atoms with E-state index >= 15 is 0 Å². The van der Waals surface area contributed by atoms with E-state index in [0.29, 0.717) is 16.8 Å². The van der Waals surface area contributed by atoms with Gasteiger partial charge in [0.1, 0.15) is 0 Å². The van der Waals surface area contributed by atoms with E-state index in [4.69, 9.17) is 5.11 Å². The zero-order chi connectivity index (χ0) is 15.7. The van der Waals surface area contributed by atoms with E-state index in [1.54, 1.807) is 24.3 Å². The van der Waals surface area contributed by atoms with Crippen molar-refractivity contribution in [1.82, 2.24) is 0 Å². The number of hydrogen-bond donors (Lipinski definition) is 2. The zero-order valence-electron chi connectivity index (χ0n) is 11.4. The summed E-state index contributed by atoms with van der Waals surface area (Å²) in [5, 5.41) is 11.1. The van der Waals surface area contributed by atoms with E-state index in [2.05, 4.69) is 5.32 Å². The summed E-state index contributed by atoms with van der Waals surface area (Å²) >= 11 is 0. The third kappa shape index (κ3) is 2.29. The maximum Gasteiger partial charge on any atom is 0.328 e. The summed E-state index contributed by atoms with van der Waals surface area (Å²) in [7, 11) is 0. The number of benzene rings is 2. The molecule has 0 radical (unpaired) electrons. The van der Waals surface area contributed by atoms with E-state index in [1.165, 1.54) is 0 Å². The fraction of sp³-hybridized carbons (Fsp3) is 0. The van der Waals surface area contributed by atoms with Gasteiger partial charge in [-0.3, -0.25) is 9.59 Å². The van der Waals surface area contributed by atoms with Crippen LogP contribution >= 0.6 is 0 Å². The van der Waals surface area contributed by atoms with Gasteiger partial charge in [0.05, 0.1) is 11.3 Å². The zero-order valence-corrected chi connectivity index (χ0v) is 11.4. The number of fused-ring (bicyclic) bond motifs is 3. The Kier molecular flexibility index (Phi) is 3.31. The van der Waals surface area contributed by atoms with Crippen LogP contribution in [-0.2, 0) is 9.59 Å². The summed E-state index contributed by atoms with van der Waals surface area (Å²) in [6, 6.07) is 12.4. The molecule has 0 spiro atoms. The molecule has 1 amide bonds. The first-order chi connectivity index (χ1) is 10.6. The summed E-state index contributed by atoms with van der Waals surface area (Å²) < 4.78 is 0. The smallest absolute Gasteiger partial charge is 0.328 e. The summed E-state index contributed by atoms with van der Waals surface area (Å²) in [5.41, 5.74) is 3.00. The Morgan fingerprint density at radius 1 is 0.909 bits per heavy atom. The van der Waals surface area contributed by atoms with Crippen molar-refractivity contribution < 1.29 is 19.5 Å². The second-order valence-electron chi connectivity index (χ2n) is 4.76. The minimum atomic E-state index is -1.21. The molecule has 0 atom stereocenters. The third-order valence-corrected chi connectivity index (χ3v) is 3.39. The summed E-state index contributed by atoms with van der Waals surface area (Å²) in [4.78, 5) is 34.6. The number of carboxylic acid groups (broad SMARTS) is 1. The number of carbonyl (C=O) groups is 3. The summed E-state index contributed by atoms with van der Waals surface area (Å²) in [6.45, 7) is 0. The topological polar surface area (TPSA) is 83.5 Å². The van der Waals surface area contributed by atoms with Crippen LogP contribution in [0.5, 0.6) is 0 Å². The van der Waals surface area contributed by atoms with Crippen molar-refractivity contribution in [2.45, 2.75) is 0 Å². The Morgan fingerprint density at radius 3 is 2.32 bits per heavy atom. The Labute approximate surface area is 125 Å². The van der Waals surface area contributed by atoms with Gasteiger partial charge in [-0.15, -0.1) is 0 Å². The molecule has 1 aliphatic rings. The first kappa shape index (κ1) is 13.8. The van der Waals surface area contributed by atoms with Crippen LogP contribution in [0.25, 0.3) is 11.1 Å². The van der Waals surface area contributed by atoms with Crippen LogP contribution < -0.4 is 5.32 Å². The minimum absolute atomic E-state index is 0.149. The monoisotopic (exact) mass is 293 g/mol. The highest BCUT2D eigenvalue weighted by molar-refractivity contribution is 6.25. The molecule has 0 aliphatic heterocycles. The van der Waals surface area contributed by atoms with E-state index in [0.717, 1.165) is 23.3 Å². The normalized spacial score (nSPS) is 12.1. The highest BCUT2D eigenvalue weighted by Gasteiger charge is 2.28. The molecule has 5 nitrogen and oxygen atoms in total. The number of carboxylic acids is 1. The first-order valence-corrected chi connectivity index (χ1v) is 6.57. The highest BCUT2D eigenvalue weighted by atomic mass is 16.4. The van der Waals surface area contributed by atoms with E-state index < -0.39 is 11.9 Å². The Hall–Kier alpha value is -3.21. The van der Waals surface area contributed by atoms with Crippen LogP contribution in [0, 0.1) is 0 Å². The van der Waals surface area contributed by atoms with Crippen molar-refractivity contribution in [1.29, 1.82) is 0 Å². The molecular weight excluding hydrogens is 282 g/mol. The molecule has 108 valence electrons. The van der Waals surface area contributed by atoms with Crippen molar-refractivity contribution in [3.8, 4) is 11.1 Å². The first-order valence-electron chi connectivity index (χ1n) is 6.57. The van der Waals surface area contributed by atoms with Crippen LogP contribution in [0.1, 0.15) is 15.9 Å². The van der Waals surface area contributed by atoms with Crippen LogP contribution in [0.3, 0.4) is 0 Å². The maximum atomic E-state index is 12.5. The number of rotatable bonds is 3. The van der Waals surface area contributed by atoms with E-state index in [1.807, 2.05) is 18.2 Å². The van der Waals surface area contributed by atoms with Crippen molar-refractivity contribution in [3.05, 3.63) is 65.7 Å². The maximum absolute atomic E-state index is 12.5. The number of amides is 1. The molecule has 0 bridgehead atoms. The lowest BCUT2D eigenvalue weighted by molar-refractivity contribution is -0.131. The van der Waals surface area contributed by atoms with Crippen molar-refractivity contribution in [2.75, 3.05) is 5.32 Å². The fourth-order valence-corrected chi connectivity index (χ4v) is 2.50. The molecule has 3 rings (SSSR count). The molecule has 2 aromatic rings. The summed E-state index contributed by atoms with van der Waals surface area (Å²) in [5.74, 6) is -1.96. The quantitative estimate of drug-likeness (QED) is 0.727. The van der Waals surface area contributed by atoms with Gasteiger partial charge < -0.3 is 10.4 Å². The van der Waals surface area contributed by atoms with Gasteiger partial charge in [-0.2, -0.15) is 0 Å². The summed E-state index contributed by atoms with van der Waals surface area (Å²) in [6.07, 6.45) is 1.66. The van der Waals surface area contributed by atoms with Gasteiger partial charge in [-0.25, -0.2) is 4.79 Å². The number of ketones is 1. The minimum Gasteiger partial charge on any atom is -0.478 e. The molecule has 0 saturated carbocycles.